The van der Waals surface area contributed by atoms with Gasteiger partial charge in [-0.2, -0.15) is 0 Å². The van der Waals surface area contributed by atoms with Crippen molar-refractivity contribution < 1.29 is 4.79 Å². The second-order valence-corrected chi connectivity index (χ2v) is 6.25. The van der Waals surface area contributed by atoms with Gasteiger partial charge >= 0.3 is 0 Å². The third-order valence-corrected chi connectivity index (χ3v) is 4.65. The van der Waals surface area contributed by atoms with Gasteiger partial charge in [-0.05, 0) is 52.0 Å². The van der Waals surface area contributed by atoms with E-state index >= 15 is 0 Å². The molecular weight excluding hydrogens is 350 g/mol. The molecule has 1 atom stereocenters. The van der Waals surface area contributed by atoms with Crippen molar-refractivity contribution in [3.8, 4) is 0 Å². The summed E-state index contributed by atoms with van der Waals surface area (Å²) < 4.78 is 0.790. The fourth-order valence-corrected chi connectivity index (χ4v) is 2.52. The van der Waals surface area contributed by atoms with Crippen LogP contribution < -0.4 is 5.32 Å². The molecule has 0 aromatic heterocycles. The highest BCUT2D eigenvalue weighted by Gasteiger charge is 2.09. The summed E-state index contributed by atoms with van der Waals surface area (Å²) in [6, 6.07) is 15.5. The molecule has 2 nitrogen and oxygen atoms in total. The Kier molecular flexibility index (Phi) is 5.83. The number of carbonyl (C=O) groups excluding carboxylic acids is 1. The van der Waals surface area contributed by atoms with Crippen LogP contribution in [0.4, 0.5) is 0 Å². The lowest BCUT2D eigenvalue weighted by Crippen LogP contribution is -2.25. The lowest BCUT2D eigenvalue weighted by Gasteiger charge is -2.12. The highest BCUT2D eigenvalue weighted by Crippen LogP contribution is 2.23. The van der Waals surface area contributed by atoms with Crippen molar-refractivity contribution in [1.29, 1.82) is 0 Å². The van der Waals surface area contributed by atoms with E-state index in [0.717, 1.165) is 10.9 Å². The molecule has 110 valence electrons. The van der Waals surface area contributed by atoms with Gasteiger partial charge in [-0.3, -0.25) is 4.79 Å². The number of rotatable bonds is 5. The van der Waals surface area contributed by atoms with E-state index in [1.807, 2.05) is 18.2 Å². The molecule has 0 heterocycles. The Morgan fingerprint density at radius 1 is 1.24 bits per heavy atom. The zero-order valence-electron chi connectivity index (χ0n) is 11.8. The first-order valence-corrected chi connectivity index (χ1v) is 8.03. The normalized spacial score (nSPS) is 12.0. The van der Waals surface area contributed by atoms with Crippen LogP contribution >= 0.6 is 27.5 Å². The average Bonchev–Trinajstić information content (AvgIpc) is 2.50. The molecule has 2 aromatic carbocycles. The van der Waals surface area contributed by atoms with Gasteiger partial charge in [0.05, 0.1) is 5.02 Å². The Morgan fingerprint density at radius 2 is 1.95 bits per heavy atom. The molecule has 1 N–H and O–H groups in total. The molecule has 2 rings (SSSR count). The molecule has 0 aliphatic heterocycles. The number of halogens is 2. The Labute approximate surface area is 138 Å². The van der Waals surface area contributed by atoms with Gasteiger partial charge in [0, 0.05) is 16.6 Å². The van der Waals surface area contributed by atoms with Crippen LogP contribution in [0.3, 0.4) is 0 Å². The minimum Gasteiger partial charge on any atom is -0.352 e. The van der Waals surface area contributed by atoms with Crippen molar-refractivity contribution in [2.24, 2.45) is 0 Å². The summed E-state index contributed by atoms with van der Waals surface area (Å²) >= 11 is 9.31. The first-order chi connectivity index (χ1) is 10.1. The lowest BCUT2D eigenvalue weighted by molar-refractivity contribution is 0.0952. The van der Waals surface area contributed by atoms with Gasteiger partial charge in [0.15, 0.2) is 0 Å². The predicted octanol–water partition coefficient (Wildman–Crippen LogP) is 5.03. The minimum absolute atomic E-state index is 0.0929. The van der Waals surface area contributed by atoms with Crippen LogP contribution in [0.15, 0.2) is 53.0 Å². The third-order valence-electron chi connectivity index (χ3n) is 3.41. The molecular formula is C17H17BrClNO. The monoisotopic (exact) mass is 365 g/mol. The van der Waals surface area contributed by atoms with E-state index in [2.05, 4.69) is 40.3 Å². The number of carbonyl (C=O) groups is 1. The van der Waals surface area contributed by atoms with Crippen molar-refractivity contribution in [2.75, 3.05) is 6.54 Å². The quantitative estimate of drug-likeness (QED) is 0.790. The van der Waals surface area contributed by atoms with E-state index < -0.39 is 0 Å². The largest absolute Gasteiger partial charge is 0.352 e. The molecule has 0 saturated heterocycles. The highest BCUT2D eigenvalue weighted by molar-refractivity contribution is 9.10. The van der Waals surface area contributed by atoms with Gasteiger partial charge in [0.2, 0.25) is 0 Å². The summed E-state index contributed by atoms with van der Waals surface area (Å²) in [6.07, 6.45) is 0.903. The summed E-state index contributed by atoms with van der Waals surface area (Å²) in [5.74, 6) is 0.324. The summed E-state index contributed by atoms with van der Waals surface area (Å²) in [5, 5.41) is 3.48. The maximum absolute atomic E-state index is 12.0. The van der Waals surface area contributed by atoms with Crippen molar-refractivity contribution in [3.63, 3.8) is 0 Å². The van der Waals surface area contributed by atoms with Crippen molar-refractivity contribution in [2.45, 2.75) is 19.3 Å². The molecule has 1 unspecified atom stereocenters. The van der Waals surface area contributed by atoms with Crippen molar-refractivity contribution in [3.05, 3.63) is 69.2 Å². The van der Waals surface area contributed by atoms with E-state index in [4.69, 9.17) is 11.6 Å². The second-order valence-electron chi connectivity index (χ2n) is 4.99. The standard InChI is InChI=1S/C17H17BrClNO/c1-12(13-5-3-2-4-6-13)9-10-20-17(21)14-7-8-15(18)16(19)11-14/h2-8,11-12H,9-10H2,1H3,(H,20,21). The molecule has 0 fully saturated rings. The molecule has 0 radical (unpaired) electrons. The molecule has 0 aliphatic rings. The molecule has 2 aromatic rings. The van der Waals surface area contributed by atoms with E-state index in [0.29, 0.717) is 23.0 Å². The summed E-state index contributed by atoms with van der Waals surface area (Å²) in [7, 11) is 0. The molecule has 0 aliphatic carbocycles. The van der Waals surface area contributed by atoms with Crippen LogP contribution in [0.1, 0.15) is 35.2 Å². The van der Waals surface area contributed by atoms with Crippen LogP contribution in [0, 0.1) is 0 Å². The van der Waals surface area contributed by atoms with Crippen LogP contribution in [0.25, 0.3) is 0 Å². The van der Waals surface area contributed by atoms with Gasteiger partial charge in [-0.15, -0.1) is 0 Å². The third kappa shape index (κ3) is 4.58. The van der Waals surface area contributed by atoms with Crippen molar-refractivity contribution >= 4 is 33.4 Å². The zero-order valence-corrected chi connectivity index (χ0v) is 14.1. The zero-order chi connectivity index (χ0) is 15.2. The Balaban J connectivity index is 1.85. The van der Waals surface area contributed by atoms with Crippen LogP contribution in [0.2, 0.25) is 5.02 Å². The molecule has 21 heavy (non-hydrogen) atoms. The van der Waals surface area contributed by atoms with E-state index in [1.165, 1.54) is 5.56 Å². The Bertz CT molecular complexity index is 615. The van der Waals surface area contributed by atoms with E-state index in [-0.39, 0.29) is 5.91 Å². The number of hydrogen-bond donors (Lipinski definition) is 1. The smallest absolute Gasteiger partial charge is 0.251 e. The number of hydrogen-bond acceptors (Lipinski definition) is 1. The fourth-order valence-electron chi connectivity index (χ4n) is 2.09. The van der Waals surface area contributed by atoms with Gasteiger partial charge < -0.3 is 5.32 Å². The van der Waals surface area contributed by atoms with E-state index in [1.54, 1.807) is 18.2 Å². The topological polar surface area (TPSA) is 29.1 Å². The first-order valence-electron chi connectivity index (χ1n) is 6.86. The van der Waals surface area contributed by atoms with Gasteiger partial charge in [-0.25, -0.2) is 0 Å². The number of benzene rings is 2. The molecule has 0 saturated carbocycles. The first kappa shape index (κ1) is 16.1. The number of nitrogens with one attached hydrogen (secondary N) is 1. The summed E-state index contributed by atoms with van der Waals surface area (Å²) in [5.41, 5.74) is 1.87. The lowest BCUT2D eigenvalue weighted by atomic mass is 9.98. The molecule has 4 heteroatoms. The van der Waals surface area contributed by atoms with Crippen LogP contribution in [-0.4, -0.2) is 12.5 Å². The Morgan fingerprint density at radius 3 is 2.62 bits per heavy atom. The molecule has 1 amide bonds. The van der Waals surface area contributed by atoms with Gasteiger partial charge in [-0.1, -0.05) is 48.9 Å². The summed E-state index contributed by atoms with van der Waals surface area (Å²) in [4.78, 5) is 12.0. The van der Waals surface area contributed by atoms with Crippen molar-refractivity contribution in [1.82, 2.24) is 5.32 Å². The summed E-state index contributed by atoms with van der Waals surface area (Å²) in [6.45, 7) is 2.81. The molecule has 0 bridgehead atoms. The average molecular weight is 367 g/mol. The van der Waals surface area contributed by atoms with Crippen LogP contribution in [0.5, 0.6) is 0 Å². The predicted molar refractivity (Wildman–Crippen MR) is 91.0 cm³/mol. The SMILES string of the molecule is CC(CCNC(=O)c1ccc(Br)c(Cl)c1)c1ccccc1. The highest BCUT2D eigenvalue weighted by atomic mass is 79.9. The van der Waals surface area contributed by atoms with Gasteiger partial charge in [0.1, 0.15) is 0 Å². The maximum Gasteiger partial charge on any atom is 0.251 e. The minimum atomic E-state index is -0.0929. The maximum atomic E-state index is 12.0. The van der Waals surface area contributed by atoms with Gasteiger partial charge in [0.25, 0.3) is 5.91 Å². The fraction of sp³-hybridized carbons (Fsp3) is 0.235. The van der Waals surface area contributed by atoms with Crippen LogP contribution in [-0.2, 0) is 0 Å². The second kappa shape index (κ2) is 7.62. The Hall–Kier alpha value is -1.32. The van der Waals surface area contributed by atoms with E-state index in [9.17, 15) is 4.79 Å². The molecule has 0 spiro atoms. The number of amides is 1.